The molecular formula is C16H34N2O. The van der Waals surface area contributed by atoms with Crippen molar-refractivity contribution in [3.8, 4) is 0 Å². The molecule has 1 fully saturated rings. The largest absolute Gasteiger partial charge is 0.377 e. The molecule has 0 bridgehead atoms. The second-order valence-electron chi connectivity index (χ2n) is 6.47. The maximum absolute atomic E-state index is 5.79. The zero-order chi connectivity index (χ0) is 14.1. The van der Waals surface area contributed by atoms with Gasteiger partial charge in [-0.15, -0.1) is 0 Å². The molecule has 1 aliphatic rings. The Labute approximate surface area is 119 Å². The summed E-state index contributed by atoms with van der Waals surface area (Å²) >= 11 is 0. The van der Waals surface area contributed by atoms with Gasteiger partial charge in [-0.05, 0) is 70.5 Å². The Morgan fingerprint density at radius 1 is 1.26 bits per heavy atom. The lowest BCUT2D eigenvalue weighted by Crippen LogP contribution is -2.34. The Morgan fingerprint density at radius 2 is 2.05 bits per heavy atom. The number of hydrogen-bond acceptors (Lipinski definition) is 3. The number of rotatable bonds is 9. The molecule has 3 nitrogen and oxygen atoms in total. The molecule has 0 aromatic carbocycles. The molecule has 2 unspecified atom stereocenters. The van der Waals surface area contributed by atoms with Gasteiger partial charge in [-0.3, -0.25) is 0 Å². The molecule has 1 saturated heterocycles. The molecule has 0 aliphatic carbocycles. The summed E-state index contributed by atoms with van der Waals surface area (Å²) in [6.45, 7) is 8.72. The molecule has 0 saturated carbocycles. The summed E-state index contributed by atoms with van der Waals surface area (Å²) in [6, 6.07) is 0. The predicted molar refractivity (Wildman–Crippen MR) is 82.3 cm³/mol. The monoisotopic (exact) mass is 270 g/mol. The van der Waals surface area contributed by atoms with E-state index in [1.807, 2.05) is 0 Å². The van der Waals surface area contributed by atoms with E-state index in [9.17, 15) is 0 Å². The lowest BCUT2D eigenvalue weighted by Gasteiger charge is -2.28. The maximum atomic E-state index is 5.79. The molecule has 114 valence electrons. The van der Waals surface area contributed by atoms with Crippen LogP contribution in [0.2, 0.25) is 0 Å². The fourth-order valence-corrected chi connectivity index (χ4v) is 3.04. The Bertz CT molecular complexity index is 215. The van der Waals surface area contributed by atoms with Gasteiger partial charge in [0.15, 0.2) is 0 Å². The van der Waals surface area contributed by atoms with Crippen molar-refractivity contribution in [1.82, 2.24) is 4.90 Å². The molecular weight excluding hydrogens is 236 g/mol. The normalized spacial score (nSPS) is 22.1. The number of ether oxygens (including phenoxy) is 1. The van der Waals surface area contributed by atoms with Crippen molar-refractivity contribution < 1.29 is 4.74 Å². The Kier molecular flexibility index (Phi) is 8.67. The van der Waals surface area contributed by atoms with E-state index in [0.717, 1.165) is 31.5 Å². The highest BCUT2D eigenvalue weighted by molar-refractivity contribution is 4.69. The SMILES string of the molecule is CC(C)C(CCN)CCCN(C)CC1CCCCO1. The average molecular weight is 270 g/mol. The first-order valence-electron chi connectivity index (χ1n) is 8.13. The van der Waals surface area contributed by atoms with Crippen molar-refractivity contribution in [3.05, 3.63) is 0 Å². The first-order valence-corrected chi connectivity index (χ1v) is 8.13. The first kappa shape index (κ1) is 16.9. The van der Waals surface area contributed by atoms with E-state index < -0.39 is 0 Å². The van der Waals surface area contributed by atoms with Crippen LogP contribution in [0.15, 0.2) is 0 Å². The van der Waals surface area contributed by atoms with Crippen molar-refractivity contribution >= 4 is 0 Å². The molecule has 0 spiro atoms. The summed E-state index contributed by atoms with van der Waals surface area (Å²) in [5.74, 6) is 1.56. The van der Waals surface area contributed by atoms with Crippen LogP contribution >= 0.6 is 0 Å². The van der Waals surface area contributed by atoms with E-state index >= 15 is 0 Å². The summed E-state index contributed by atoms with van der Waals surface area (Å²) in [6.07, 6.45) is 8.07. The highest BCUT2D eigenvalue weighted by Crippen LogP contribution is 2.20. The van der Waals surface area contributed by atoms with Crippen LogP contribution in [0.1, 0.15) is 52.4 Å². The van der Waals surface area contributed by atoms with Crippen molar-refractivity contribution in [2.24, 2.45) is 17.6 Å². The minimum absolute atomic E-state index is 0.476. The van der Waals surface area contributed by atoms with E-state index in [1.54, 1.807) is 0 Å². The van der Waals surface area contributed by atoms with E-state index in [0.29, 0.717) is 6.10 Å². The van der Waals surface area contributed by atoms with Crippen molar-refractivity contribution in [3.63, 3.8) is 0 Å². The average Bonchev–Trinajstić information content (AvgIpc) is 2.38. The van der Waals surface area contributed by atoms with E-state index in [1.165, 1.54) is 45.1 Å². The van der Waals surface area contributed by atoms with Crippen LogP contribution in [0.4, 0.5) is 0 Å². The summed E-state index contributed by atoms with van der Waals surface area (Å²) in [5.41, 5.74) is 5.70. The summed E-state index contributed by atoms with van der Waals surface area (Å²) in [5, 5.41) is 0. The van der Waals surface area contributed by atoms with Crippen molar-refractivity contribution in [1.29, 1.82) is 0 Å². The molecule has 2 atom stereocenters. The third-order valence-corrected chi connectivity index (χ3v) is 4.38. The standard InChI is InChI=1S/C16H34N2O/c1-14(2)15(9-10-17)7-6-11-18(3)13-16-8-4-5-12-19-16/h14-16H,4-13,17H2,1-3H3. The van der Waals surface area contributed by atoms with E-state index in [-0.39, 0.29) is 0 Å². The van der Waals surface area contributed by atoms with Crippen molar-refractivity contribution in [2.75, 3.05) is 33.3 Å². The van der Waals surface area contributed by atoms with Crippen LogP contribution in [-0.2, 0) is 4.74 Å². The molecule has 0 amide bonds. The number of hydrogen-bond donors (Lipinski definition) is 1. The van der Waals surface area contributed by atoms with E-state index in [4.69, 9.17) is 10.5 Å². The van der Waals surface area contributed by atoms with Gasteiger partial charge in [0.25, 0.3) is 0 Å². The second kappa shape index (κ2) is 9.73. The molecule has 1 rings (SSSR count). The molecule has 1 aliphatic heterocycles. The smallest absolute Gasteiger partial charge is 0.0701 e. The highest BCUT2D eigenvalue weighted by atomic mass is 16.5. The lowest BCUT2D eigenvalue weighted by molar-refractivity contribution is -0.00179. The van der Waals surface area contributed by atoms with Crippen LogP contribution in [0.3, 0.4) is 0 Å². The molecule has 0 radical (unpaired) electrons. The van der Waals surface area contributed by atoms with E-state index in [2.05, 4.69) is 25.8 Å². The van der Waals surface area contributed by atoms with Crippen LogP contribution < -0.4 is 5.73 Å². The van der Waals surface area contributed by atoms with Crippen LogP contribution in [0.5, 0.6) is 0 Å². The van der Waals surface area contributed by atoms with Crippen LogP contribution in [-0.4, -0.2) is 44.3 Å². The third kappa shape index (κ3) is 7.28. The van der Waals surface area contributed by atoms with Gasteiger partial charge in [0.2, 0.25) is 0 Å². The highest BCUT2D eigenvalue weighted by Gasteiger charge is 2.16. The van der Waals surface area contributed by atoms with Gasteiger partial charge in [0, 0.05) is 13.2 Å². The third-order valence-electron chi connectivity index (χ3n) is 4.38. The minimum Gasteiger partial charge on any atom is -0.377 e. The maximum Gasteiger partial charge on any atom is 0.0701 e. The minimum atomic E-state index is 0.476. The lowest BCUT2D eigenvalue weighted by atomic mass is 9.88. The Morgan fingerprint density at radius 3 is 2.63 bits per heavy atom. The van der Waals surface area contributed by atoms with Crippen molar-refractivity contribution in [2.45, 2.75) is 58.5 Å². The topological polar surface area (TPSA) is 38.5 Å². The van der Waals surface area contributed by atoms with Gasteiger partial charge >= 0.3 is 0 Å². The predicted octanol–water partition coefficient (Wildman–Crippen LogP) is 2.89. The molecule has 3 heteroatoms. The quantitative estimate of drug-likeness (QED) is 0.700. The van der Waals surface area contributed by atoms with Gasteiger partial charge in [0.1, 0.15) is 0 Å². The summed E-state index contributed by atoms with van der Waals surface area (Å²) in [7, 11) is 2.23. The van der Waals surface area contributed by atoms with Gasteiger partial charge in [-0.25, -0.2) is 0 Å². The van der Waals surface area contributed by atoms with Gasteiger partial charge in [0.05, 0.1) is 6.10 Å². The van der Waals surface area contributed by atoms with Gasteiger partial charge < -0.3 is 15.4 Å². The number of nitrogens with two attached hydrogens (primary N) is 1. The molecule has 2 N–H and O–H groups in total. The zero-order valence-corrected chi connectivity index (χ0v) is 13.2. The number of likely N-dealkylation sites (N-methyl/N-ethyl adjacent to an activating group) is 1. The molecule has 0 aromatic rings. The summed E-state index contributed by atoms with van der Waals surface area (Å²) < 4.78 is 5.79. The van der Waals surface area contributed by atoms with Gasteiger partial charge in [-0.1, -0.05) is 13.8 Å². The fourth-order valence-electron chi connectivity index (χ4n) is 3.04. The second-order valence-corrected chi connectivity index (χ2v) is 6.47. The van der Waals surface area contributed by atoms with Gasteiger partial charge in [-0.2, -0.15) is 0 Å². The van der Waals surface area contributed by atoms with Crippen LogP contribution in [0, 0.1) is 11.8 Å². The fraction of sp³-hybridized carbons (Fsp3) is 1.00. The first-order chi connectivity index (χ1) is 9.13. The summed E-state index contributed by atoms with van der Waals surface area (Å²) in [4.78, 5) is 2.44. The van der Waals surface area contributed by atoms with Crippen LogP contribution in [0.25, 0.3) is 0 Å². The molecule has 1 heterocycles. The Hall–Kier alpha value is -0.120. The number of nitrogens with zero attached hydrogens (tertiary/aromatic N) is 1. The Balaban J connectivity index is 2.12. The zero-order valence-electron chi connectivity index (χ0n) is 13.2. The molecule has 19 heavy (non-hydrogen) atoms. The molecule has 0 aromatic heterocycles.